The molecule has 5 aliphatic rings. The number of alkyl halides is 2. The molecule has 0 unspecified atom stereocenters. The number of nitrogens with one attached hydrogen (secondary N) is 3. The number of hydrogen-bond acceptors (Lipinski definition) is 10. The van der Waals surface area contributed by atoms with Crippen LogP contribution in [0.4, 0.5) is 18.0 Å². The number of amides is 4. The summed E-state index contributed by atoms with van der Waals surface area (Å²) in [5.74, 6) is -4.60. The molecule has 3 heterocycles. The largest absolute Gasteiger partial charge is 0.471 e. The Morgan fingerprint density at radius 1 is 1.02 bits per heavy atom. The summed E-state index contributed by atoms with van der Waals surface area (Å²) >= 11 is 0. The Balaban J connectivity index is 1.23. The lowest BCUT2D eigenvalue weighted by Crippen LogP contribution is -2.60. The topological polar surface area (TPSA) is 186 Å². The minimum absolute atomic E-state index is 0.0903. The van der Waals surface area contributed by atoms with Gasteiger partial charge in [-0.15, -0.1) is 0 Å². The molecule has 8 atom stereocenters. The van der Waals surface area contributed by atoms with Crippen LogP contribution in [0.3, 0.4) is 0 Å². The summed E-state index contributed by atoms with van der Waals surface area (Å²) in [6.07, 6.45) is 0.0567. The molecule has 0 spiro atoms. The summed E-state index contributed by atoms with van der Waals surface area (Å²) in [6.45, 7) is 7.08. The van der Waals surface area contributed by atoms with Gasteiger partial charge in [0, 0.05) is 12.5 Å². The number of sulfonamides is 1. The molecular formula is C39H51F3N6O8S. The minimum Gasteiger partial charge on any atom is -0.471 e. The van der Waals surface area contributed by atoms with E-state index in [9.17, 15) is 40.8 Å². The third kappa shape index (κ3) is 8.80. The molecule has 2 aromatic rings. The number of fused-ring (bicyclic) bond motifs is 5. The molecule has 2 bridgehead atoms. The first-order valence-corrected chi connectivity index (χ1v) is 21.5. The number of aromatic nitrogens is 2. The van der Waals surface area contributed by atoms with Crippen molar-refractivity contribution in [2.45, 2.75) is 140 Å². The van der Waals surface area contributed by atoms with Gasteiger partial charge >= 0.3 is 6.09 Å². The highest BCUT2D eigenvalue weighted by Gasteiger charge is 2.67. The number of carbonyl (C=O) groups excluding carboxylic acids is 4. The number of nitrogens with zero attached hydrogens (tertiary/aromatic N) is 3. The summed E-state index contributed by atoms with van der Waals surface area (Å²) in [6, 6.07) is 1.39. The van der Waals surface area contributed by atoms with E-state index in [1.165, 1.54) is 23.1 Å². The van der Waals surface area contributed by atoms with Gasteiger partial charge in [-0.05, 0) is 80.8 Å². The third-order valence-corrected chi connectivity index (χ3v) is 13.9. The zero-order valence-electron chi connectivity index (χ0n) is 32.6. The normalized spacial score (nSPS) is 31.3. The molecule has 3 saturated carbocycles. The number of rotatable bonds is 6. The molecule has 312 valence electrons. The van der Waals surface area contributed by atoms with E-state index in [-0.39, 0.29) is 36.4 Å². The molecule has 3 N–H and O–H groups in total. The van der Waals surface area contributed by atoms with Gasteiger partial charge in [-0.3, -0.25) is 19.1 Å². The Morgan fingerprint density at radius 2 is 1.77 bits per heavy atom. The number of ether oxygens (including phenoxy) is 2. The van der Waals surface area contributed by atoms with E-state index < -0.39 is 92.8 Å². The van der Waals surface area contributed by atoms with E-state index in [4.69, 9.17) is 14.5 Å². The monoisotopic (exact) mass is 820 g/mol. The van der Waals surface area contributed by atoms with Crippen LogP contribution >= 0.6 is 0 Å². The standard InChI is InChI=1S/C39H51F3N6O8S/c1-20-14-21-8-6-5-7-9-27-34(44-28-16-22(40)10-13-26(28)43-27)55-23-17-29(48(19-23)35(50)31(38(2,3)4)45-37(52)56-30(21)15-20)33(49)46-39(18-25(39)32(41)42)36(51)47-57(53,54)24-11-12-24/h10,13,16,20-21,23-25,29-32H,5-9,11-12,14-15,17-19H2,1-4H3,(H,45,52)(H,46,49)(H,47,51)/t20-,21-,23-,25+,29+,30-,31-,39-/m1/s1. The van der Waals surface area contributed by atoms with Crippen molar-refractivity contribution >= 4 is 44.9 Å². The van der Waals surface area contributed by atoms with Crippen LogP contribution in [-0.2, 0) is 35.6 Å². The molecule has 4 amide bonds. The third-order valence-electron chi connectivity index (χ3n) is 12.0. The van der Waals surface area contributed by atoms with Crippen molar-refractivity contribution < 1.29 is 50.2 Å². The molecule has 18 heteroatoms. The van der Waals surface area contributed by atoms with Crippen molar-refractivity contribution in [2.75, 3.05) is 6.54 Å². The van der Waals surface area contributed by atoms with Crippen LogP contribution in [0, 0.1) is 29.0 Å². The Bertz CT molecular complexity index is 2030. The summed E-state index contributed by atoms with van der Waals surface area (Å²) in [5.41, 5.74) is -1.98. The SMILES string of the molecule is C[C@@H]1C[C@H]2CCCCCc3nc4ccc(F)cc4nc3O[C@@H]3C[C@@H](C(=O)N[C@]4(C(=O)NS(=O)(=O)C5CC5)C[C@H]4C(F)F)N(C3)C(=O)[C@H](C(C)(C)C)NC(=O)O[C@@H]2C1. The molecular weight excluding hydrogens is 770 g/mol. The molecule has 2 aliphatic heterocycles. The van der Waals surface area contributed by atoms with Crippen LogP contribution in [-0.4, -0.2) is 95.2 Å². The van der Waals surface area contributed by atoms with Crippen molar-refractivity contribution in [2.24, 2.45) is 23.2 Å². The van der Waals surface area contributed by atoms with Gasteiger partial charge in [0.1, 0.15) is 41.3 Å². The second kappa shape index (κ2) is 15.5. The lowest BCUT2D eigenvalue weighted by Gasteiger charge is -2.35. The van der Waals surface area contributed by atoms with Gasteiger partial charge in [-0.2, -0.15) is 0 Å². The quantitative estimate of drug-likeness (QED) is 0.374. The fourth-order valence-electron chi connectivity index (χ4n) is 8.66. The second-order valence-corrected chi connectivity index (χ2v) is 19.7. The molecule has 1 aromatic carbocycles. The summed E-state index contributed by atoms with van der Waals surface area (Å²) in [4.78, 5) is 66.5. The second-order valence-electron chi connectivity index (χ2n) is 17.7. The first kappa shape index (κ1) is 41.0. The van der Waals surface area contributed by atoms with Gasteiger partial charge in [0.2, 0.25) is 34.1 Å². The Kier molecular flexibility index (Phi) is 11.1. The Labute approximate surface area is 329 Å². The number of alkyl carbamates (subject to hydrolysis) is 1. The molecule has 3 aliphatic carbocycles. The van der Waals surface area contributed by atoms with Crippen molar-refractivity contribution in [3.63, 3.8) is 0 Å². The number of hydrogen-bond donors (Lipinski definition) is 3. The molecule has 57 heavy (non-hydrogen) atoms. The Morgan fingerprint density at radius 3 is 2.46 bits per heavy atom. The van der Waals surface area contributed by atoms with Gasteiger partial charge in [0.15, 0.2) is 0 Å². The molecule has 1 aromatic heterocycles. The van der Waals surface area contributed by atoms with E-state index in [0.29, 0.717) is 49.2 Å². The number of benzene rings is 1. The van der Waals surface area contributed by atoms with Gasteiger partial charge in [0.05, 0.1) is 28.7 Å². The summed E-state index contributed by atoms with van der Waals surface area (Å²) < 4.78 is 82.3. The van der Waals surface area contributed by atoms with E-state index in [1.807, 2.05) is 4.72 Å². The van der Waals surface area contributed by atoms with Crippen LogP contribution in [0.1, 0.15) is 97.6 Å². The van der Waals surface area contributed by atoms with Crippen LogP contribution in [0.25, 0.3) is 11.0 Å². The van der Waals surface area contributed by atoms with E-state index in [0.717, 1.165) is 25.7 Å². The van der Waals surface area contributed by atoms with Gasteiger partial charge < -0.3 is 25.0 Å². The molecule has 4 fully saturated rings. The highest BCUT2D eigenvalue weighted by molar-refractivity contribution is 7.91. The molecule has 1 saturated heterocycles. The maximum atomic E-state index is 14.7. The Hall–Kier alpha value is -4.22. The van der Waals surface area contributed by atoms with E-state index in [1.54, 1.807) is 20.8 Å². The molecule has 0 radical (unpaired) electrons. The van der Waals surface area contributed by atoms with Gasteiger partial charge in [-0.1, -0.05) is 40.5 Å². The van der Waals surface area contributed by atoms with Crippen LogP contribution < -0.4 is 20.1 Å². The van der Waals surface area contributed by atoms with Crippen LogP contribution in [0.2, 0.25) is 0 Å². The lowest BCUT2D eigenvalue weighted by atomic mass is 9.85. The maximum Gasteiger partial charge on any atom is 0.408 e. The molecule has 14 nitrogen and oxygen atoms in total. The van der Waals surface area contributed by atoms with Crippen molar-refractivity contribution in [3.05, 3.63) is 29.7 Å². The van der Waals surface area contributed by atoms with Crippen molar-refractivity contribution in [1.82, 2.24) is 30.2 Å². The maximum absolute atomic E-state index is 14.7. The number of halogens is 3. The number of aryl methyl sites for hydroxylation is 1. The first-order valence-electron chi connectivity index (χ1n) is 19.9. The lowest BCUT2D eigenvalue weighted by molar-refractivity contribution is -0.143. The van der Waals surface area contributed by atoms with Crippen molar-refractivity contribution in [1.29, 1.82) is 0 Å². The van der Waals surface area contributed by atoms with E-state index in [2.05, 4.69) is 22.5 Å². The first-order chi connectivity index (χ1) is 26.8. The fourth-order valence-corrected chi connectivity index (χ4v) is 10.0. The highest BCUT2D eigenvalue weighted by Crippen LogP contribution is 2.48. The predicted octanol–water partition coefficient (Wildman–Crippen LogP) is 4.54. The smallest absolute Gasteiger partial charge is 0.408 e. The average molecular weight is 821 g/mol. The van der Waals surface area contributed by atoms with Gasteiger partial charge in [0.25, 0.3) is 5.91 Å². The van der Waals surface area contributed by atoms with Crippen LogP contribution in [0.5, 0.6) is 5.88 Å². The number of carbonyl (C=O) groups is 4. The average Bonchev–Trinajstić information content (AvgIpc) is 4.03. The summed E-state index contributed by atoms with van der Waals surface area (Å²) in [5, 5.41) is 4.34. The minimum atomic E-state index is -4.15. The highest BCUT2D eigenvalue weighted by atomic mass is 32.2. The van der Waals surface area contributed by atoms with Crippen molar-refractivity contribution in [3.8, 4) is 5.88 Å². The predicted molar refractivity (Wildman–Crippen MR) is 200 cm³/mol. The fraction of sp³-hybridized carbons (Fsp3) is 0.692. The molecule has 7 rings (SSSR count). The van der Waals surface area contributed by atoms with Crippen LogP contribution in [0.15, 0.2) is 18.2 Å². The zero-order valence-corrected chi connectivity index (χ0v) is 33.4. The zero-order chi connectivity index (χ0) is 41.0. The van der Waals surface area contributed by atoms with E-state index >= 15 is 0 Å². The van der Waals surface area contributed by atoms with Gasteiger partial charge in [-0.25, -0.2) is 36.4 Å². The summed E-state index contributed by atoms with van der Waals surface area (Å²) in [7, 11) is -4.15.